The van der Waals surface area contributed by atoms with Crippen molar-refractivity contribution in [2.75, 3.05) is 6.61 Å². The molecule has 1 aromatic carbocycles. The fraction of sp³-hybridized carbons (Fsp3) is 0.154. The molecule has 0 aliphatic carbocycles. The zero-order valence-corrected chi connectivity index (χ0v) is 10.8. The molecule has 1 aromatic heterocycles. The molecule has 2 aromatic rings. The van der Waals surface area contributed by atoms with E-state index in [1.807, 2.05) is 0 Å². The predicted octanol–water partition coefficient (Wildman–Crippen LogP) is 2.63. The summed E-state index contributed by atoms with van der Waals surface area (Å²) >= 11 is 0. The third kappa shape index (κ3) is 3.28. The van der Waals surface area contributed by atoms with Gasteiger partial charge in [0, 0.05) is 0 Å². The van der Waals surface area contributed by atoms with Crippen LogP contribution < -0.4 is 0 Å². The van der Waals surface area contributed by atoms with E-state index in [0.29, 0.717) is 0 Å². The second-order valence-electron chi connectivity index (χ2n) is 3.87. The molecule has 0 radical (unpaired) electrons. The van der Waals surface area contributed by atoms with Crippen LogP contribution in [0.25, 0.3) is 0 Å². The monoisotopic (exact) mass is 296 g/mol. The molecule has 1 atom stereocenters. The SMILES string of the molecule is C=CCON=C(c1c(F)cccc1F)C(F)n1cncn1. The van der Waals surface area contributed by atoms with Gasteiger partial charge in [-0.3, -0.25) is 0 Å². The number of halogens is 3. The molecular weight excluding hydrogens is 285 g/mol. The highest BCUT2D eigenvalue weighted by Crippen LogP contribution is 2.21. The maximum Gasteiger partial charge on any atom is 0.239 e. The van der Waals surface area contributed by atoms with Crippen molar-refractivity contribution in [1.29, 1.82) is 0 Å². The van der Waals surface area contributed by atoms with Crippen molar-refractivity contribution in [3.8, 4) is 0 Å². The Bertz CT molecular complexity index is 623. The summed E-state index contributed by atoms with van der Waals surface area (Å²) in [6.45, 7) is 3.36. The van der Waals surface area contributed by atoms with Gasteiger partial charge >= 0.3 is 0 Å². The van der Waals surface area contributed by atoms with Crippen molar-refractivity contribution < 1.29 is 18.0 Å². The summed E-state index contributed by atoms with van der Waals surface area (Å²) in [5.41, 5.74) is -1.21. The molecule has 1 unspecified atom stereocenters. The molecule has 1 heterocycles. The molecule has 0 spiro atoms. The fourth-order valence-corrected chi connectivity index (χ4v) is 1.57. The molecular formula is C13H11F3N4O. The molecule has 110 valence electrons. The van der Waals surface area contributed by atoms with Crippen LogP contribution in [0.5, 0.6) is 0 Å². The van der Waals surface area contributed by atoms with Crippen molar-refractivity contribution in [3.05, 3.63) is 60.7 Å². The van der Waals surface area contributed by atoms with E-state index in [0.717, 1.165) is 29.5 Å². The van der Waals surface area contributed by atoms with E-state index < -0.39 is 29.2 Å². The third-order valence-electron chi connectivity index (χ3n) is 2.47. The minimum atomic E-state index is -2.05. The lowest BCUT2D eigenvalue weighted by atomic mass is 10.1. The van der Waals surface area contributed by atoms with Crippen LogP contribution in [0.3, 0.4) is 0 Å². The van der Waals surface area contributed by atoms with Gasteiger partial charge in [-0.1, -0.05) is 23.9 Å². The molecule has 2 rings (SSSR count). The van der Waals surface area contributed by atoms with Crippen LogP contribution in [0, 0.1) is 11.6 Å². The van der Waals surface area contributed by atoms with Gasteiger partial charge in [-0.25, -0.2) is 22.8 Å². The van der Waals surface area contributed by atoms with Crippen LogP contribution in [0.2, 0.25) is 0 Å². The van der Waals surface area contributed by atoms with Gasteiger partial charge in [-0.15, -0.1) is 0 Å². The number of aromatic nitrogens is 3. The Morgan fingerprint density at radius 3 is 2.71 bits per heavy atom. The molecule has 0 saturated heterocycles. The molecule has 5 nitrogen and oxygen atoms in total. The van der Waals surface area contributed by atoms with E-state index in [1.54, 1.807) is 0 Å². The number of oxime groups is 1. The first-order chi connectivity index (χ1) is 10.1. The van der Waals surface area contributed by atoms with Gasteiger partial charge in [-0.05, 0) is 12.1 Å². The standard InChI is InChI=1S/C13H11F3N4O/c1-2-6-21-19-12(13(16)20-8-17-7-18-20)11-9(14)4-3-5-10(11)15/h2-5,7-8,13H,1,6H2. The lowest BCUT2D eigenvalue weighted by molar-refractivity contribution is 0.167. The lowest BCUT2D eigenvalue weighted by Gasteiger charge is -2.13. The van der Waals surface area contributed by atoms with Gasteiger partial charge in [0.2, 0.25) is 6.30 Å². The topological polar surface area (TPSA) is 52.3 Å². The predicted molar refractivity (Wildman–Crippen MR) is 69.2 cm³/mol. The van der Waals surface area contributed by atoms with E-state index in [9.17, 15) is 13.2 Å². The minimum Gasteiger partial charge on any atom is -0.391 e. The number of benzene rings is 1. The summed E-state index contributed by atoms with van der Waals surface area (Å²) < 4.78 is 42.8. The van der Waals surface area contributed by atoms with Crippen LogP contribution >= 0.6 is 0 Å². The van der Waals surface area contributed by atoms with E-state index in [4.69, 9.17) is 4.84 Å². The Morgan fingerprint density at radius 2 is 2.14 bits per heavy atom. The van der Waals surface area contributed by atoms with Gasteiger partial charge in [0.1, 0.15) is 36.6 Å². The summed E-state index contributed by atoms with van der Waals surface area (Å²) in [6.07, 6.45) is 1.46. The number of alkyl halides is 1. The second-order valence-corrected chi connectivity index (χ2v) is 3.87. The number of nitrogens with zero attached hydrogens (tertiary/aromatic N) is 4. The van der Waals surface area contributed by atoms with E-state index >= 15 is 0 Å². The Hall–Kier alpha value is -2.64. The van der Waals surface area contributed by atoms with Crippen molar-refractivity contribution in [2.45, 2.75) is 6.30 Å². The van der Waals surface area contributed by atoms with Crippen molar-refractivity contribution in [2.24, 2.45) is 5.16 Å². The van der Waals surface area contributed by atoms with Crippen LogP contribution in [0.1, 0.15) is 11.9 Å². The summed E-state index contributed by atoms with van der Waals surface area (Å²) in [4.78, 5) is 8.34. The third-order valence-corrected chi connectivity index (χ3v) is 2.47. The van der Waals surface area contributed by atoms with Crippen molar-refractivity contribution in [1.82, 2.24) is 14.8 Å². The van der Waals surface area contributed by atoms with Gasteiger partial charge in [0.15, 0.2) is 0 Å². The molecule has 21 heavy (non-hydrogen) atoms. The molecule has 0 N–H and O–H groups in total. The van der Waals surface area contributed by atoms with Crippen LogP contribution in [0.15, 0.2) is 48.7 Å². The smallest absolute Gasteiger partial charge is 0.239 e. The highest BCUT2D eigenvalue weighted by atomic mass is 19.1. The first-order valence-corrected chi connectivity index (χ1v) is 5.88. The quantitative estimate of drug-likeness (QED) is 0.356. The van der Waals surface area contributed by atoms with E-state index in [1.165, 1.54) is 12.1 Å². The Labute approximate surface area is 118 Å². The summed E-state index contributed by atoms with van der Waals surface area (Å²) in [7, 11) is 0. The zero-order chi connectivity index (χ0) is 15.2. The van der Waals surface area contributed by atoms with E-state index in [2.05, 4.69) is 21.8 Å². The van der Waals surface area contributed by atoms with Gasteiger partial charge in [0.05, 0.1) is 5.56 Å². The highest BCUT2D eigenvalue weighted by molar-refractivity contribution is 6.02. The van der Waals surface area contributed by atoms with Gasteiger partial charge in [-0.2, -0.15) is 5.10 Å². The maximum atomic E-state index is 14.4. The number of rotatable bonds is 6. The molecule has 0 saturated carbocycles. The summed E-state index contributed by atoms with van der Waals surface area (Å²) in [5, 5.41) is 7.04. The lowest BCUT2D eigenvalue weighted by Crippen LogP contribution is -2.20. The first kappa shape index (κ1) is 14.8. The number of hydrogen-bond acceptors (Lipinski definition) is 4. The molecule has 0 aliphatic rings. The van der Waals surface area contributed by atoms with Crippen LogP contribution in [0.4, 0.5) is 13.2 Å². The summed E-state index contributed by atoms with van der Waals surface area (Å²) in [6, 6.07) is 3.16. The van der Waals surface area contributed by atoms with Crippen LogP contribution in [-0.2, 0) is 4.84 Å². The van der Waals surface area contributed by atoms with Crippen molar-refractivity contribution in [3.63, 3.8) is 0 Å². The Kier molecular flexibility index (Phi) is 4.70. The maximum absolute atomic E-state index is 14.4. The summed E-state index contributed by atoms with van der Waals surface area (Å²) in [5.74, 6) is -1.92. The molecule has 0 bridgehead atoms. The molecule has 8 heteroatoms. The second kappa shape index (κ2) is 6.69. The van der Waals surface area contributed by atoms with Crippen LogP contribution in [-0.4, -0.2) is 27.1 Å². The van der Waals surface area contributed by atoms with E-state index in [-0.39, 0.29) is 6.61 Å². The Morgan fingerprint density at radius 1 is 1.43 bits per heavy atom. The minimum absolute atomic E-state index is 0.0380. The largest absolute Gasteiger partial charge is 0.391 e. The molecule has 0 amide bonds. The Balaban J connectivity index is 2.46. The zero-order valence-electron chi connectivity index (χ0n) is 10.8. The normalized spacial score (nSPS) is 13.0. The number of hydrogen-bond donors (Lipinski definition) is 0. The first-order valence-electron chi connectivity index (χ1n) is 5.88. The average molecular weight is 296 g/mol. The average Bonchev–Trinajstić information content (AvgIpc) is 2.99. The molecule has 0 aliphatic heterocycles. The molecule has 0 fully saturated rings. The van der Waals surface area contributed by atoms with Crippen molar-refractivity contribution >= 4 is 5.71 Å². The fourth-order valence-electron chi connectivity index (χ4n) is 1.57. The van der Waals surface area contributed by atoms with Gasteiger partial charge in [0.25, 0.3) is 0 Å². The van der Waals surface area contributed by atoms with Gasteiger partial charge < -0.3 is 4.84 Å². The highest BCUT2D eigenvalue weighted by Gasteiger charge is 2.26.